The Labute approximate surface area is 284 Å². The van der Waals surface area contributed by atoms with E-state index in [4.69, 9.17) is 14.6 Å². The van der Waals surface area contributed by atoms with Crippen LogP contribution in [0.4, 0.5) is 21.0 Å². The molecular weight excluding hydrogens is 604 g/mol. The topological polar surface area (TPSA) is 114 Å². The molecule has 0 saturated carbocycles. The van der Waals surface area contributed by atoms with Crippen molar-refractivity contribution in [1.82, 2.24) is 0 Å². The van der Waals surface area contributed by atoms with E-state index in [0.717, 1.165) is 60.0 Å². The van der Waals surface area contributed by atoms with Crippen LogP contribution in [0.3, 0.4) is 0 Å². The molecule has 0 unspecified atom stereocenters. The van der Waals surface area contributed by atoms with Gasteiger partial charge < -0.3 is 14.6 Å². The Kier molecular flexibility index (Phi) is 13.9. The van der Waals surface area contributed by atoms with Crippen molar-refractivity contribution >= 4 is 29.8 Å². The number of aliphatic hydroxyl groups excluding tert-OH is 1. The highest BCUT2D eigenvalue weighted by Crippen LogP contribution is 2.17. The molecule has 0 aliphatic heterocycles. The molecule has 48 heavy (non-hydrogen) atoms. The van der Waals surface area contributed by atoms with Crippen LogP contribution in [0.15, 0.2) is 97.1 Å². The quantitative estimate of drug-likeness (QED) is 0.147. The van der Waals surface area contributed by atoms with Gasteiger partial charge >= 0.3 is 12.2 Å². The first-order valence-electron chi connectivity index (χ1n) is 16.1. The first kappa shape index (κ1) is 37.5. The Balaban J connectivity index is 0.000000260. The minimum absolute atomic E-state index is 0.0681. The molecular formula is C40H48N2O6. The van der Waals surface area contributed by atoms with E-state index in [1.807, 2.05) is 139 Å². The highest BCUT2D eigenvalue weighted by atomic mass is 16.6. The summed E-state index contributed by atoms with van der Waals surface area (Å²) in [6, 6.07) is 31.0. The fourth-order valence-electron chi connectivity index (χ4n) is 4.60. The number of carbonyl (C=O) groups is 3. The van der Waals surface area contributed by atoms with Crippen LogP contribution in [0, 0.1) is 0 Å². The van der Waals surface area contributed by atoms with E-state index >= 15 is 0 Å². The summed E-state index contributed by atoms with van der Waals surface area (Å²) < 4.78 is 10.5. The van der Waals surface area contributed by atoms with Gasteiger partial charge in [-0.25, -0.2) is 9.59 Å². The summed E-state index contributed by atoms with van der Waals surface area (Å²) >= 11 is 0. The standard InChI is InChI=1S/C20H25NO3.C20H23NO3/c2*1-20(2,3)24-19(23)21-18-6-4-5-16(13-18)10-7-15-8-11-17(14-22)12-9-15/h4-6,8-9,11-13,22H,7,10,14H2,1-3H3,(H,21,23);4-6,8-9,11-14H,7,10H2,1-3H3,(H,21,23). The van der Waals surface area contributed by atoms with Gasteiger partial charge in [0.25, 0.3) is 0 Å². The Bertz CT molecular complexity index is 1620. The molecule has 4 aromatic rings. The summed E-state index contributed by atoms with van der Waals surface area (Å²) in [5, 5.41) is 14.6. The second-order valence-electron chi connectivity index (χ2n) is 13.5. The molecule has 0 heterocycles. The Morgan fingerprint density at radius 2 is 0.958 bits per heavy atom. The van der Waals surface area contributed by atoms with E-state index in [9.17, 15) is 14.4 Å². The average Bonchev–Trinajstić information content (AvgIpc) is 3.02. The lowest BCUT2D eigenvalue weighted by Gasteiger charge is -2.19. The van der Waals surface area contributed by atoms with Crippen molar-refractivity contribution in [2.24, 2.45) is 0 Å². The lowest BCUT2D eigenvalue weighted by atomic mass is 10.0. The van der Waals surface area contributed by atoms with Gasteiger partial charge in [-0.2, -0.15) is 0 Å². The van der Waals surface area contributed by atoms with Crippen LogP contribution in [-0.2, 0) is 41.8 Å². The number of benzene rings is 4. The van der Waals surface area contributed by atoms with E-state index in [2.05, 4.69) is 10.6 Å². The third kappa shape index (κ3) is 14.6. The fraction of sp³-hybridized carbons (Fsp3) is 0.325. The minimum atomic E-state index is -0.518. The monoisotopic (exact) mass is 652 g/mol. The number of ether oxygens (including phenoxy) is 2. The number of nitrogens with one attached hydrogen (secondary N) is 2. The van der Waals surface area contributed by atoms with Gasteiger partial charge in [-0.15, -0.1) is 0 Å². The van der Waals surface area contributed by atoms with Crippen LogP contribution in [0.5, 0.6) is 0 Å². The first-order valence-corrected chi connectivity index (χ1v) is 16.1. The number of hydrogen-bond acceptors (Lipinski definition) is 6. The Hall–Kier alpha value is -4.95. The van der Waals surface area contributed by atoms with Crippen molar-refractivity contribution in [1.29, 1.82) is 0 Å². The van der Waals surface area contributed by atoms with E-state index < -0.39 is 23.4 Å². The van der Waals surface area contributed by atoms with Crippen molar-refractivity contribution < 1.29 is 29.0 Å². The van der Waals surface area contributed by atoms with Gasteiger partial charge in [0.05, 0.1) is 6.61 Å². The van der Waals surface area contributed by atoms with Crippen LogP contribution >= 0.6 is 0 Å². The van der Waals surface area contributed by atoms with Crippen LogP contribution in [0.25, 0.3) is 0 Å². The zero-order valence-corrected chi connectivity index (χ0v) is 28.8. The second kappa shape index (κ2) is 17.8. The maximum atomic E-state index is 11.8. The lowest BCUT2D eigenvalue weighted by Crippen LogP contribution is -2.27. The van der Waals surface area contributed by atoms with Gasteiger partial charge in [-0.1, -0.05) is 72.8 Å². The van der Waals surface area contributed by atoms with E-state index in [0.29, 0.717) is 5.56 Å². The molecule has 8 nitrogen and oxygen atoms in total. The highest BCUT2D eigenvalue weighted by molar-refractivity contribution is 5.85. The largest absolute Gasteiger partial charge is 0.444 e. The molecule has 4 rings (SSSR count). The molecule has 2 amide bonds. The molecule has 0 aliphatic carbocycles. The summed E-state index contributed by atoms with van der Waals surface area (Å²) in [6.45, 7) is 11.1. The van der Waals surface area contributed by atoms with Crippen LogP contribution in [-0.4, -0.2) is 34.8 Å². The zero-order valence-electron chi connectivity index (χ0n) is 28.8. The van der Waals surface area contributed by atoms with Gasteiger partial charge in [0.1, 0.15) is 17.5 Å². The fourth-order valence-corrected chi connectivity index (χ4v) is 4.60. The Morgan fingerprint density at radius 3 is 1.33 bits per heavy atom. The summed E-state index contributed by atoms with van der Waals surface area (Å²) in [4.78, 5) is 34.3. The third-order valence-electron chi connectivity index (χ3n) is 6.87. The van der Waals surface area contributed by atoms with E-state index in [-0.39, 0.29) is 6.61 Å². The number of aliphatic hydroxyl groups is 1. The Morgan fingerprint density at radius 1 is 0.583 bits per heavy atom. The normalized spacial score (nSPS) is 11.1. The van der Waals surface area contributed by atoms with Crippen molar-refractivity contribution in [3.8, 4) is 0 Å². The molecule has 254 valence electrons. The van der Waals surface area contributed by atoms with Crippen molar-refractivity contribution in [2.45, 2.75) is 85.0 Å². The van der Waals surface area contributed by atoms with Gasteiger partial charge in [-0.3, -0.25) is 15.4 Å². The molecule has 0 saturated heterocycles. The van der Waals surface area contributed by atoms with Crippen LogP contribution < -0.4 is 10.6 Å². The maximum Gasteiger partial charge on any atom is 0.412 e. The van der Waals surface area contributed by atoms with Gasteiger partial charge in [0, 0.05) is 16.9 Å². The molecule has 4 aromatic carbocycles. The number of anilines is 2. The molecule has 8 heteroatoms. The third-order valence-corrected chi connectivity index (χ3v) is 6.87. The molecule has 0 radical (unpaired) electrons. The van der Waals surface area contributed by atoms with Crippen LogP contribution in [0.1, 0.15) is 79.7 Å². The first-order chi connectivity index (χ1) is 22.7. The average molecular weight is 653 g/mol. The number of aldehydes is 1. The highest BCUT2D eigenvalue weighted by Gasteiger charge is 2.17. The predicted molar refractivity (Wildman–Crippen MR) is 192 cm³/mol. The number of aryl methyl sites for hydroxylation is 4. The van der Waals surface area contributed by atoms with E-state index in [1.54, 1.807) is 0 Å². The summed E-state index contributed by atoms with van der Waals surface area (Å²) in [5.74, 6) is 0. The van der Waals surface area contributed by atoms with Crippen molar-refractivity contribution in [3.63, 3.8) is 0 Å². The number of rotatable bonds is 10. The molecule has 0 aromatic heterocycles. The molecule has 0 atom stereocenters. The molecule has 0 fully saturated rings. The summed E-state index contributed by atoms with van der Waals surface area (Å²) in [7, 11) is 0. The second-order valence-corrected chi connectivity index (χ2v) is 13.5. The number of carbonyl (C=O) groups excluding carboxylic acids is 3. The molecule has 0 aliphatic rings. The van der Waals surface area contributed by atoms with Gasteiger partial charge in [0.2, 0.25) is 0 Å². The van der Waals surface area contributed by atoms with Gasteiger partial charge in [0.15, 0.2) is 0 Å². The smallest absolute Gasteiger partial charge is 0.412 e. The molecule has 0 spiro atoms. The predicted octanol–water partition coefficient (Wildman–Crippen LogP) is 8.94. The van der Waals surface area contributed by atoms with Crippen molar-refractivity contribution in [3.05, 3.63) is 130 Å². The zero-order chi connectivity index (χ0) is 35.2. The minimum Gasteiger partial charge on any atom is -0.444 e. The molecule has 3 N–H and O–H groups in total. The summed E-state index contributed by atoms with van der Waals surface area (Å²) in [5.41, 5.74) is 6.69. The lowest BCUT2D eigenvalue weighted by molar-refractivity contribution is 0.0624. The van der Waals surface area contributed by atoms with Crippen molar-refractivity contribution in [2.75, 3.05) is 10.6 Å². The van der Waals surface area contributed by atoms with Crippen LogP contribution in [0.2, 0.25) is 0 Å². The summed E-state index contributed by atoms with van der Waals surface area (Å²) in [6.07, 6.45) is 3.45. The molecule has 0 bridgehead atoms. The number of hydrogen-bond donors (Lipinski definition) is 3. The maximum absolute atomic E-state index is 11.8. The SMILES string of the molecule is CC(C)(C)OC(=O)Nc1cccc(CCc2ccc(C=O)cc2)c1.CC(C)(C)OC(=O)Nc1cccc(CCc2ccc(CO)cc2)c1. The number of amides is 2. The van der Waals surface area contributed by atoms with E-state index in [1.165, 1.54) is 11.1 Å². The van der Waals surface area contributed by atoms with Gasteiger partial charge in [-0.05, 0) is 119 Å².